The molecule has 6 nitrogen and oxygen atoms in total. The Labute approximate surface area is 376 Å². The van der Waals surface area contributed by atoms with Crippen molar-refractivity contribution in [2.75, 3.05) is 0 Å². The van der Waals surface area contributed by atoms with Crippen molar-refractivity contribution < 1.29 is 8.83 Å². The lowest BCUT2D eigenvalue weighted by Gasteiger charge is -2.12. The minimum atomic E-state index is -0.265. The summed E-state index contributed by atoms with van der Waals surface area (Å²) in [6, 6.07) is 68.1. The predicted molar refractivity (Wildman–Crippen MR) is 268 cm³/mol. The number of hydrogen-bond donors (Lipinski definition) is 0. The van der Waals surface area contributed by atoms with Gasteiger partial charge in [0.2, 0.25) is 0 Å². The summed E-state index contributed by atoms with van der Waals surface area (Å²) in [7, 11) is 0. The van der Waals surface area contributed by atoms with E-state index in [0.29, 0.717) is 17.2 Å². The molecule has 0 N–H and O–H groups in total. The van der Waals surface area contributed by atoms with Crippen LogP contribution in [0.3, 0.4) is 0 Å². The molecule has 0 radical (unpaired) electrons. The average Bonchev–Trinajstić information content (AvgIpc) is 3.95. The monoisotopic (exact) mass is 838 g/mol. The van der Waals surface area contributed by atoms with Crippen LogP contribution in [0.1, 0.15) is 36.6 Å². The van der Waals surface area contributed by atoms with Crippen molar-refractivity contribution in [3.05, 3.63) is 229 Å². The van der Waals surface area contributed by atoms with Crippen molar-refractivity contribution in [3.63, 3.8) is 0 Å². The van der Waals surface area contributed by atoms with Crippen LogP contribution in [0.15, 0.2) is 231 Å². The zero-order valence-electron chi connectivity index (χ0n) is 35.9. The Hall–Kier alpha value is -8.48. The van der Waals surface area contributed by atoms with Gasteiger partial charge < -0.3 is 8.83 Å². The zero-order valence-corrected chi connectivity index (χ0v) is 35.9. The van der Waals surface area contributed by atoms with E-state index in [4.69, 9.17) is 28.8 Å². The van der Waals surface area contributed by atoms with Gasteiger partial charge in [0.1, 0.15) is 28.0 Å². The second-order valence-electron chi connectivity index (χ2n) is 16.1. The third kappa shape index (κ3) is 7.51. The molecule has 0 fully saturated rings. The average molecular weight is 839 g/mol. The van der Waals surface area contributed by atoms with E-state index >= 15 is 0 Å². The van der Waals surface area contributed by atoms with Crippen molar-refractivity contribution in [3.8, 4) is 44.9 Å². The fourth-order valence-electron chi connectivity index (χ4n) is 8.69. The van der Waals surface area contributed by atoms with Crippen LogP contribution in [-0.4, -0.2) is 21.5 Å². The van der Waals surface area contributed by atoms with Crippen LogP contribution in [0.4, 0.5) is 0 Å². The Bertz CT molecular complexity index is 3590. The number of hydrogen-bond acceptors (Lipinski definition) is 5. The van der Waals surface area contributed by atoms with Gasteiger partial charge in [-0.15, -0.1) is 0 Å². The molecule has 8 aromatic carbocycles. The molecule has 0 aliphatic carbocycles. The van der Waals surface area contributed by atoms with E-state index in [2.05, 4.69) is 121 Å². The molecule has 0 amide bonds. The maximum Gasteiger partial charge on any atom is 0.180 e. The Kier molecular flexibility index (Phi) is 10.3. The summed E-state index contributed by atoms with van der Waals surface area (Å²) in [5, 5.41) is 2.90. The molecule has 11 rings (SSSR count). The van der Waals surface area contributed by atoms with E-state index in [-0.39, 0.29) is 6.04 Å². The number of rotatable bonds is 9. The highest BCUT2D eigenvalue weighted by molar-refractivity contribution is 6.19. The molecule has 1 atom stereocenters. The predicted octanol–water partition coefficient (Wildman–Crippen LogP) is 15.5. The Balaban J connectivity index is 1.06. The maximum atomic E-state index is 6.94. The molecule has 6 heteroatoms. The van der Waals surface area contributed by atoms with Crippen LogP contribution >= 0.6 is 0 Å². The molecule has 11 aromatic rings. The van der Waals surface area contributed by atoms with Crippen molar-refractivity contribution in [2.45, 2.75) is 19.9 Å². The van der Waals surface area contributed by atoms with Crippen molar-refractivity contribution in [2.24, 2.45) is 9.98 Å². The van der Waals surface area contributed by atoms with Gasteiger partial charge in [0.25, 0.3) is 0 Å². The SMILES string of the molecule is C/C=C\C(N=C(N=C(C)c1ccc(-c2ccccc2)cc1)c1cccc2c1oc1cc(-c3cccc4oc5c(-c6ccccc6)nc(-c6ccccc6)nc5c34)ccc12)c1ccccc1. The van der Waals surface area contributed by atoms with Crippen LogP contribution in [0.5, 0.6) is 0 Å². The standard InChI is InChI=1S/C59H42N4O2/c1-3-18-50(42-21-10-5-11-22-42)61-59(60-38(2)39-31-33-41(34-32-39)40-19-8-4-9-20-40)49-29-16-28-48-47-36-35-45(37-52(47)65-56(48)49)46-27-17-30-51-53(46)55-57(64-51)54(43-23-12-6-13-24-43)62-58(63-55)44-25-14-7-15-26-44/h3-37,50H,1-2H3/b18-3-,60-38?,61-59?. The summed E-state index contributed by atoms with van der Waals surface area (Å²) in [4.78, 5) is 21.0. The molecule has 0 aliphatic heterocycles. The molecule has 65 heavy (non-hydrogen) atoms. The first-order valence-electron chi connectivity index (χ1n) is 21.9. The Morgan fingerprint density at radius 3 is 1.89 bits per heavy atom. The minimum Gasteiger partial charge on any atom is -0.455 e. The smallest absolute Gasteiger partial charge is 0.180 e. The first-order valence-corrected chi connectivity index (χ1v) is 21.9. The topological polar surface area (TPSA) is 76.8 Å². The summed E-state index contributed by atoms with van der Waals surface area (Å²) in [5.74, 6) is 1.22. The summed E-state index contributed by atoms with van der Waals surface area (Å²) < 4.78 is 13.6. The molecular formula is C59H42N4O2. The van der Waals surface area contributed by atoms with Gasteiger partial charge in [0.05, 0.1) is 17.0 Å². The number of nitrogens with zero attached hydrogens (tertiary/aromatic N) is 4. The third-order valence-corrected chi connectivity index (χ3v) is 11.9. The van der Waals surface area contributed by atoms with Gasteiger partial charge in [-0.3, -0.25) is 4.99 Å². The molecule has 0 bridgehead atoms. The van der Waals surface area contributed by atoms with E-state index in [1.165, 1.54) is 5.56 Å². The second-order valence-corrected chi connectivity index (χ2v) is 16.1. The molecule has 310 valence electrons. The number of fused-ring (bicyclic) bond motifs is 6. The van der Waals surface area contributed by atoms with E-state index in [1.54, 1.807) is 0 Å². The van der Waals surface area contributed by atoms with Crippen molar-refractivity contribution >= 4 is 55.6 Å². The fourth-order valence-corrected chi connectivity index (χ4v) is 8.69. The highest BCUT2D eigenvalue weighted by atomic mass is 16.3. The maximum absolute atomic E-state index is 6.94. The highest BCUT2D eigenvalue weighted by Crippen LogP contribution is 2.42. The van der Waals surface area contributed by atoms with Gasteiger partial charge in [-0.05, 0) is 71.5 Å². The number of furan rings is 2. The van der Waals surface area contributed by atoms with Crippen molar-refractivity contribution in [1.82, 2.24) is 9.97 Å². The quantitative estimate of drug-likeness (QED) is 0.0824. The number of aromatic nitrogens is 2. The van der Waals surface area contributed by atoms with Crippen LogP contribution in [0, 0.1) is 0 Å². The van der Waals surface area contributed by atoms with E-state index in [0.717, 1.165) is 94.3 Å². The Morgan fingerprint density at radius 1 is 0.538 bits per heavy atom. The number of benzene rings is 8. The molecule has 3 heterocycles. The van der Waals surface area contributed by atoms with Gasteiger partial charge in [-0.2, -0.15) is 0 Å². The van der Waals surface area contributed by atoms with E-state index in [1.807, 2.05) is 105 Å². The minimum absolute atomic E-state index is 0.265. The lowest BCUT2D eigenvalue weighted by Crippen LogP contribution is -2.07. The summed E-state index contributed by atoms with van der Waals surface area (Å²) in [6.07, 6.45) is 4.15. The molecular weight excluding hydrogens is 797 g/mol. The van der Waals surface area contributed by atoms with Crippen molar-refractivity contribution in [1.29, 1.82) is 0 Å². The summed E-state index contributed by atoms with van der Waals surface area (Å²) in [6.45, 7) is 4.07. The zero-order chi connectivity index (χ0) is 43.7. The first-order chi connectivity index (χ1) is 32.1. The molecule has 0 aliphatic rings. The van der Waals surface area contributed by atoms with Crippen LogP contribution in [0.25, 0.3) is 88.9 Å². The normalized spacial score (nSPS) is 12.8. The number of allylic oxidation sites excluding steroid dienone is 1. The number of aliphatic imine (C=N–C) groups is 2. The summed E-state index contributed by atoms with van der Waals surface area (Å²) >= 11 is 0. The Morgan fingerprint density at radius 2 is 1.17 bits per heavy atom. The molecule has 0 spiro atoms. The molecule has 0 saturated carbocycles. The van der Waals surface area contributed by atoms with Gasteiger partial charge in [-0.25, -0.2) is 15.0 Å². The highest BCUT2D eigenvalue weighted by Gasteiger charge is 2.22. The number of amidine groups is 1. The lowest BCUT2D eigenvalue weighted by atomic mass is 9.99. The van der Waals surface area contributed by atoms with E-state index in [9.17, 15) is 0 Å². The van der Waals surface area contributed by atoms with Gasteiger partial charge in [0, 0.05) is 27.6 Å². The fraction of sp³-hybridized carbons (Fsp3) is 0.0508. The third-order valence-electron chi connectivity index (χ3n) is 11.9. The van der Waals surface area contributed by atoms with Gasteiger partial charge in [-0.1, -0.05) is 188 Å². The summed E-state index contributed by atoms with van der Waals surface area (Å²) in [5.41, 5.74) is 14.3. The van der Waals surface area contributed by atoms with Crippen LogP contribution < -0.4 is 0 Å². The van der Waals surface area contributed by atoms with Gasteiger partial charge >= 0.3 is 0 Å². The van der Waals surface area contributed by atoms with E-state index < -0.39 is 0 Å². The molecule has 3 aromatic heterocycles. The molecule has 0 saturated heterocycles. The second kappa shape index (κ2) is 17.0. The van der Waals surface area contributed by atoms with Crippen LogP contribution in [-0.2, 0) is 0 Å². The first kappa shape index (κ1) is 39.4. The lowest BCUT2D eigenvalue weighted by molar-refractivity contribution is 0.667. The van der Waals surface area contributed by atoms with Crippen LogP contribution in [0.2, 0.25) is 0 Å². The molecule has 1 unspecified atom stereocenters. The van der Waals surface area contributed by atoms with Gasteiger partial charge in [0.15, 0.2) is 17.2 Å². The number of para-hydroxylation sites is 1. The largest absolute Gasteiger partial charge is 0.455 e.